The Labute approximate surface area is 144 Å². The lowest BCUT2D eigenvalue weighted by Gasteiger charge is -2.22. The Morgan fingerprint density at radius 2 is 2.12 bits per heavy atom. The number of carbonyl (C=O) groups is 1. The first-order valence-corrected chi connectivity index (χ1v) is 8.49. The van der Waals surface area contributed by atoms with Gasteiger partial charge in [0.2, 0.25) is 5.91 Å². The molecule has 1 rings (SSSR count). The minimum atomic E-state index is -0.246. The summed E-state index contributed by atoms with van der Waals surface area (Å²) in [6.07, 6.45) is 1.26. The third-order valence-corrected chi connectivity index (χ3v) is 3.63. The van der Waals surface area contributed by atoms with E-state index in [2.05, 4.69) is 15.6 Å². The Kier molecular flexibility index (Phi) is 8.83. The monoisotopic (exact) mass is 336 g/mol. The van der Waals surface area contributed by atoms with Gasteiger partial charge < -0.3 is 15.5 Å². The first-order chi connectivity index (χ1) is 11.5. The fourth-order valence-corrected chi connectivity index (χ4v) is 2.17. The second kappa shape index (κ2) is 10.6. The first-order valence-electron chi connectivity index (χ1n) is 8.49. The van der Waals surface area contributed by atoms with E-state index in [1.807, 2.05) is 38.8 Å². The molecular formula is C18H29FN4O. The van der Waals surface area contributed by atoms with E-state index in [4.69, 9.17) is 0 Å². The largest absolute Gasteiger partial charge is 0.357 e. The van der Waals surface area contributed by atoms with Crippen LogP contribution in [0.15, 0.2) is 29.3 Å². The van der Waals surface area contributed by atoms with Crippen LogP contribution < -0.4 is 10.6 Å². The number of aliphatic imine (C=N–C) groups is 1. The quantitative estimate of drug-likeness (QED) is 0.566. The van der Waals surface area contributed by atoms with Crippen molar-refractivity contribution >= 4 is 11.9 Å². The van der Waals surface area contributed by atoms with Crippen molar-refractivity contribution < 1.29 is 9.18 Å². The number of nitrogens with zero attached hydrogens (tertiary/aromatic N) is 2. The summed E-state index contributed by atoms with van der Waals surface area (Å²) in [5.41, 5.74) is 0.873. The van der Waals surface area contributed by atoms with E-state index in [-0.39, 0.29) is 17.8 Å². The summed E-state index contributed by atoms with van der Waals surface area (Å²) in [6, 6.07) is 6.70. The Bertz CT molecular complexity index is 548. The molecule has 0 aliphatic rings. The Morgan fingerprint density at radius 1 is 1.38 bits per heavy atom. The van der Waals surface area contributed by atoms with E-state index < -0.39 is 0 Å². The normalized spacial score (nSPS) is 12.6. The van der Waals surface area contributed by atoms with Crippen molar-refractivity contribution in [2.75, 3.05) is 20.1 Å². The highest BCUT2D eigenvalue weighted by Crippen LogP contribution is 2.06. The first kappa shape index (κ1) is 19.9. The predicted octanol–water partition coefficient (Wildman–Crippen LogP) is 2.53. The van der Waals surface area contributed by atoms with Crippen LogP contribution in [0, 0.1) is 5.82 Å². The van der Waals surface area contributed by atoms with Gasteiger partial charge in [0.15, 0.2) is 5.96 Å². The Hall–Kier alpha value is -2.11. The van der Waals surface area contributed by atoms with Crippen LogP contribution in [0.4, 0.5) is 4.39 Å². The standard InChI is InChI=1S/C18H29FN4O/c1-5-14(3)22-17(24)10-11-21-18(20-6-2)23(4)13-15-8-7-9-16(19)12-15/h7-9,12,14H,5-6,10-11,13H2,1-4H3,(H,20,21)(H,22,24). The second-order valence-corrected chi connectivity index (χ2v) is 5.85. The van der Waals surface area contributed by atoms with Crippen LogP contribution in [0.5, 0.6) is 0 Å². The maximum atomic E-state index is 13.3. The molecule has 1 unspecified atom stereocenters. The van der Waals surface area contributed by atoms with Crippen molar-refractivity contribution in [3.8, 4) is 0 Å². The molecule has 0 spiro atoms. The highest BCUT2D eigenvalue weighted by atomic mass is 19.1. The molecule has 0 heterocycles. The number of guanidine groups is 1. The molecule has 0 radical (unpaired) electrons. The summed E-state index contributed by atoms with van der Waals surface area (Å²) >= 11 is 0. The lowest BCUT2D eigenvalue weighted by molar-refractivity contribution is -0.121. The van der Waals surface area contributed by atoms with Gasteiger partial charge in [-0.05, 0) is 38.0 Å². The minimum absolute atomic E-state index is 0.0109. The van der Waals surface area contributed by atoms with Crippen LogP contribution in [0.2, 0.25) is 0 Å². The molecule has 134 valence electrons. The number of nitrogens with one attached hydrogen (secondary N) is 2. The van der Waals surface area contributed by atoms with Crippen LogP contribution in [0.1, 0.15) is 39.2 Å². The zero-order valence-corrected chi connectivity index (χ0v) is 15.1. The number of carbonyl (C=O) groups excluding carboxylic acids is 1. The molecule has 0 aliphatic heterocycles. The van der Waals surface area contributed by atoms with Gasteiger partial charge in [-0.3, -0.25) is 9.79 Å². The number of benzene rings is 1. The minimum Gasteiger partial charge on any atom is -0.357 e. The van der Waals surface area contributed by atoms with Gasteiger partial charge in [-0.25, -0.2) is 4.39 Å². The molecule has 6 heteroatoms. The van der Waals surface area contributed by atoms with Crippen LogP contribution in [0.25, 0.3) is 0 Å². The van der Waals surface area contributed by atoms with Crippen LogP contribution in [-0.2, 0) is 11.3 Å². The van der Waals surface area contributed by atoms with Gasteiger partial charge >= 0.3 is 0 Å². The number of hydrogen-bond donors (Lipinski definition) is 2. The lowest BCUT2D eigenvalue weighted by atomic mass is 10.2. The molecule has 0 aliphatic carbocycles. The SMILES string of the molecule is CCNC(=NCCC(=O)NC(C)CC)N(C)Cc1cccc(F)c1. The summed E-state index contributed by atoms with van der Waals surface area (Å²) < 4.78 is 13.3. The van der Waals surface area contributed by atoms with Crippen molar-refractivity contribution in [3.05, 3.63) is 35.6 Å². The van der Waals surface area contributed by atoms with Crippen LogP contribution >= 0.6 is 0 Å². The molecule has 0 saturated heterocycles. The van der Waals surface area contributed by atoms with E-state index in [1.54, 1.807) is 6.07 Å². The maximum Gasteiger partial charge on any atom is 0.222 e. The van der Waals surface area contributed by atoms with Crippen molar-refractivity contribution in [1.29, 1.82) is 0 Å². The molecule has 24 heavy (non-hydrogen) atoms. The molecule has 5 nitrogen and oxygen atoms in total. The average molecular weight is 336 g/mol. The van der Waals surface area contributed by atoms with E-state index in [9.17, 15) is 9.18 Å². The molecule has 1 aromatic carbocycles. The van der Waals surface area contributed by atoms with Gasteiger partial charge in [0.25, 0.3) is 0 Å². The average Bonchev–Trinajstić information content (AvgIpc) is 2.53. The van der Waals surface area contributed by atoms with E-state index >= 15 is 0 Å². The van der Waals surface area contributed by atoms with Gasteiger partial charge in [-0.2, -0.15) is 0 Å². The van der Waals surface area contributed by atoms with Gasteiger partial charge in [0.05, 0.1) is 6.54 Å². The molecule has 0 fully saturated rings. The van der Waals surface area contributed by atoms with Gasteiger partial charge in [-0.1, -0.05) is 19.1 Å². The number of rotatable bonds is 8. The molecule has 0 bridgehead atoms. The van der Waals surface area contributed by atoms with Gasteiger partial charge in [-0.15, -0.1) is 0 Å². The molecule has 0 saturated carbocycles. The van der Waals surface area contributed by atoms with Crippen LogP contribution in [0.3, 0.4) is 0 Å². The third-order valence-electron chi connectivity index (χ3n) is 3.63. The summed E-state index contributed by atoms with van der Waals surface area (Å²) in [7, 11) is 1.89. The zero-order valence-electron chi connectivity index (χ0n) is 15.1. The summed E-state index contributed by atoms with van der Waals surface area (Å²) in [5.74, 6) is 0.472. The topological polar surface area (TPSA) is 56.7 Å². The number of hydrogen-bond acceptors (Lipinski definition) is 2. The number of amides is 1. The highest BCUT2D eigenvalue weighted by Gasteiger charge is 2.08. The summed E-state index contributed by atoms with van der Waals surface area (Å²) in [6.45, 7) is 7.69. The number of halogens is 1. The zero-order chi connectivity index (χ0) is 17.9. The Balaban J connectivity index is 2.59. The lowest BCUT2D eigenvalue weighted by Crippen LogP contribution is -2.39. The van der Waals surface area contributed by atoms with E-state index in [1.165, 1.54) is 12.1 Å². The fourth-order valence-electron chi connectivity index (χ4n) is 2.17. The van der Waals surface area contributed by atoms with Crippen molar-refractivity contribution in [2.24, 2.45) is 4.99 Å². The smallest absolute Gasteiger partial charge is 0.222 e. The molecule has 1 amide bonds. The highest BCUT2D eigenvalue weighted by molar-refractivity contribution is 5.80. The Morgan fingerprint density at radius 3 is 2.75 bits per heavy atom. The van der Waals surface area contributed by atoms with E-state index in [0.717, 1.165) is 18.5 Å². The molecule has 1 aromatic rings. The van der Waals surface area contributed by atoms with E-state index in [0.29, 0.717) is 25.5 Å². The van der Waals surface area contributed by atoms with Crippen LogP contribution in [-0.4, -0.2) is 42.9 Å². The molecule has 0 aromatic heterocycles. The fraction of sp³-hybridized carbons (Fsp3) is 0.556. The molecular weight excluding hydrogens is 307 g/mol. The summed E-state index contributed by atoms with van der Waals surface area (Å²) in [5, 5.41) is 6.12. The summed E-state index contributed by atoms with van der Waals surface area (Å²) in [4.78, 5) is 18.2. The molecule has 1 atom stereocenters. The van der Waals surface area contributed by atoms with Gasteiger partial charge in [0, 0.05) is 32.6 Å². The van der Waals surface area contributed by atoms with Gasteiger partial charge in [0.1, 0.15) is 5.82 Å². The second-order valence-electron chi connectivity index (χ2n) is 5.85. The third kappa shape index (κ3) is 7.44. The molecule has 2 N–H and O–H groups in total. The maximum absolute atomic E-state index is 13.3. The van der Waals surface area contributed by atoms with Crippen molar-refractivity contribution in [3.63, 3.8) is 0 Å². The van der Waals surface area contributed by atoms with Crippen molar-refractivity contribution in [2.45, 2.75) is 46.2 Å². The van der Waals surface area contributed by atoms with Crippen molar-refractivity contribution in [1.82, 2.24) is 15.5 Å². The predicted molar refractivity (Wildman–Crippen MR) is 96.4 cm³/mol.